The van der Waals surface area contributed by atoms with E-state index < -0.39 is 45.8 Å². The molecule has 0 bridgehead atoms. The van der Waals surface area contributed by atoms with Gasteiger partial charge in [-0.2, -0.15) is 26.3 Å². The van der Waals surface area contributed by atoms with Crippen LogP contribution in [0.3, 0.4) is 0 Å². The Bertz CT molecular complexity index is 835. The molecule has 0 unspecified atom stereocenters. The Labute approximate surface area is 157 Å². The van der Waals surface area contributed by atoms with Crippen LogP contribution < -0.4 is 0 Å². The van der Waals surface area contributed by atoms with Gasteiger partial charge in [0.1, 0.15) is 0 Å². The van der Waals surface area contributed by atoms with Crippen molar-refractivity contribution in [3.05, 3.63) is 68.8 Å². The minimum atomic E-state index is -5.31. The molecule has 0 aromatic heterocycles. The molecule has 0 atom stereocenters. The summed E-state index contributed by atoms with van der Waals surface area (Å²) in [5, 5.41) is 21.7. The van der Waals surface area contributed by atoms with Crippen LogP contribution in [0.25, 0.3) is 0 Å². The highest BCUT2D eigenvalue weighted by molar-refractivity contribution is 5.62. The normalized spacial score (nSPS) is 24.7. The average Bonchev–Trinajstić information content (AvgIpc) is 2.54. The van der Waals surface area contributed by atoms with Crippen molar-refractivity contribution in [2.45, 2.75) is 51.2 Å². The summed E-state index contributed by atoms with van der Waals surface area (Å²) in [6, 6.07) is 3.47. The van der Waals surface area contributed by atoms with Gasteiger partial charge in [-0.05, 0) is 49.9 Å². The van der Waals surface area contributed by atoms with Crippen LogP contribution in [0.5, 0.6) is 0 Å². The lowest BCUT2D eigenvalue weighted by atomic mass is 9.65. The predicted molar refractivity (Wildman–Crippen MR) is 89.9 cm³/mol. The molecule has 0 heterocycles. The van der Waals surface area contributed by atoms with Gasteiger partial charge in [0.15, 0.2) is 0 Å². The van der Waals surface area contributed by atoms with E-state index >= 15 is 0 Å². The second kappa shape index (κ2) is 5.73. The molecule has 152 valence electrons. The third-order valence-corrected chi connectivity index (χ3v) is 5.65. The summed E-state index contributed by atoms with van der Waals surface area (Å²) in [5.41, 5.74) is -10.4. The van der Waals surface area contributed by atoms with Gasteiger partial charge in [0.2, 0.25) is 11.2 Å². The first-order valence-electron chi connectivity index (χ1n) is 8.39. The molecule has 1 aliphatic rings. The molecule has 0 spiro atoms. The Kier molecular flexibility index (Phi) is 4.23. The Balaban J connectivity index is 2.61. The van der Waals surface area contributed by atoms with Crippen molar-refractivity contribution in [1.29, 1.82) is 0 Å². The van der Waals surface area contributed by atoms with Gasteiger partial charge in [-0.15, -0.1) is 0 Å². The first-order chi connectivity index (χ1) is 12.6. The largest absolute Gasteiger partial charge is 0.425 e. The topological polar surface area (TPSA) is 40.5 Å². The number of benzene rings is 2. The number of alkyl halides is 6. The van der Waals surface area contributed by atoms with Gasteiger partial charge in [0.05, 0.1) is 0 Å². The molecule has 0 saturated carbocycles. The summed E-state index contributed by atoms with van der Waals surface area (Å²) in [4.78, 5) is 0. The van der Waals surface area contributed by atoms with Crippen molar-refractivity contribution in [3.63, 3.8) is 0 Å². The third kappa shape index (κ3) is 2.43. The number of hydrogen-bond donors (Lipinski definition) is 2. The monoisotopic (exact) mass is 404 g/mol. The Morgan fingerprint density at radius 3 is 0.857 bits per heavy atom. The summed E-state index contributed by atoms with van der Waals surface area (Å²) >= 11 is 0. The van der Waals surface area contributed by atoms with Gasteiger partial charge < -0.3 is 10.2 Å². The lowest BCUT2D eigenvalue weighted by molar-refractivity contribution is -0.270. The van der Waals surface area contributed by atoms with Crippen LogP contribution in [0, 0.1) is 27.7 Å². The second-order valence-corrected chi connectivity index (χ2v) is 7.38. The molecular weight excluding hydrogens is 386 g/mol. The minimum absolute atomic E-state index is 0.262. The molecule has 2 N–H and O–H groups in total. The SMILES string of the molecule is Cc1cc2c(cc1C)C(O)(C(F)(F)F)c1cc(C)c(C)cc1C2(O)C(F)(F)F. The number of aryl methyl sites for hydroxylation is 4. The highest BCUT2D eigenvalue weighted by Gasteiger charge is 2.68. The van der Waals surface area contributed by atoms with Crippen molar-refractivity contribution in [2.24, 2.45) is 0 Å². The van der Waals surface area contributed by atoms with Gasteiger partial charge in [-0.1, -0.05) is 24.3 Å². The first kappa shape index (κ1) is 20.7. The standard InChI is InChI=1S/C20H18F6O2/c1-9-5-13-14(6-10(9)2)18(28,20(24,25)26)16-8-12(4)11(3)7-15(16)17(13,27)19(21,22)23/h5-8,27-28H,1-4H3. The third-order valence-electron chi connectivity index (χ3n) is 5.65. The number of rotatable bonds is 0. The number of fused-ring (bicyclic) bond motifs is 2. The summed E-state index contributed by atoms with van der Waals surface area (Å²) < 4.78 is 84.5. The summed E-state index contributed by atoms with van der Waals surface area (Å²) in [7, 11) is 0. The van der Waals surface area contributed by atoms with Crippen molar-refractivity contribution in [3.8, 4) is 0 Å². The highest BCUT2D eigenvalue weighted by atomic mass is 19.4. The van der Waals surface area contributed by atoms with E-state index in [1.54, 1.807) is 0 Å². The van der Waals surface area contributed by atoms with Gasteiger partial charge in [0, 0.05) is 22.3 Å². The molecular formula is C20H18F6O2. The number of aliphatic hydroxyl groups is 2. The van der Waals surface area contributed by atoms with Crippen molar-refractivity contribution in [2.75, 3.05) is 0 Å². The number of hydrogen-bond acceptors (Lipinski definition) is 2. The molecule has 0 fully saturated rings. The van der Waals surface area contributed by atoms with Crippen LogP contribution in [0.2, 0.25) is 0 Å². The smallest absolute Gasteiger partial charge is 0.372 e. The molecule has 3 rings (SSSR count). The Morgan fingerprint density at radius 2 is 0.714 bits per heavy atom. The zero-order chi connectivity index (χ0) is 21.4. The van der Waals surface area contributed by atoms with Crippen molar-refractivity contribution in [1.82, 2.24) is 0 Å². The highest BCUT2D eigenvalue weighted by Crippen LogP contribution is 2.59. The number of halogens is 6. The van der Waals surface area contributed by atoms with Crippen LogP contribution in [-0.2, 0) is 11.2 Å². The quantitative estimate of drug-likeness (QED) is 0.618. The summed E-state index contributed by atoms with van der Waals surface area (Å²) in [5.74, 6) is 0. The van der Waals surface area contributed by atoms with Crippen LogP contribution in [0.4, 0.5) is 26.3 Å². The van der Waals surface area contributed by atoms with Gasteiger partial charge in [-0.3, -0.25) is 0 Å². The predicted octanol–water partition coefficient (Wildman–Crippen LogP) is 4.83. The lowest BCUT2D eigenvalue weighted by Gasteiger charge is -2.46. The van der Waals surface area contributed by atoms with Crippen molar-refractivity contribution >= 4 is 0 Å². The van der Waals surface area contributed by atoms with Crippen molar-refractivity contribution < 1.29 is 36.6 Å². The fourth-order valence-electron chi connectivity index (χ4n) is 3.73. The van der Waals surface area contributed by atoms with E-state index in [2.05, 4.69) is 0 Å². The zero-order valence-corrected chi connectivity index (χ0v) is 15.5. The average molecular weight is 404 g/mol. The molecule has 8 heteroatoms. The Hall–Kier alpha value is -2.06. The van der Waals surface area contributed by atoms with E-state index in [9.17, 15) is 36.6 Å². The summed E-state index contributed by atoms with van der Waals surface area (Å²) in [6.45, 7) is 5.70. The molecule has 2 aromatic carbocycles. The fraction of sp³-hybridized carbons (Fsp3) is 0.400. The van der Waals surface area contributed by atoms with Gasteiger partial charge in [-0.25, -0.2) is 0 Å². The molecule has 0 amide bonds. The van der Waals surface area contributed by atoms with E-state index in [0.29, 0.717) is 0 Å². The van der Waals surface area contributed by atoms with E-state index in [1.807, 2.05) is 0 Å². The van der Waals surface area contributed by atoms with E-state index in [4.69, 9.17) is 0 Å². The maximum Gasteiger partial charge on any atom is 0.425 e. The van der Waals surface area contributed by atoms with E-state index in [0.717, 1.165) is 24.3 Å². The maximum atomic E-state index is 14.1. The summed E-state index contributed by atoms with van der Waals surface area (Å²) in [6.07, 6.45) is -10.6. The lowest BCUT2D eigenvalue weighted by Crippen LogP contribution is -2.55. The van der Waals surface area contributed by atoms with Crippen LogP contribution >= 0.6 is 0 Å². The molecule has 0 aliphatic heterocycles. The minimum Gasteiger partial charge on any atom is -0.372 e. The van der Waals surface area contributed by atoms with E-state index in [1.165, 1.54) is 27.7 Å². The fourth-order valence-corrected chi connectivity index (χ4v) is 3.73. The molecule has 0 saturated heterocycles. The van der Waals surface area contributed by atoms with Gasteiger partial charge in [0.25, 0.3) is 0 Å². The van der Waals surface area contributed by atoms with Crippen LogP contribution in [0.1, 0.15) is 44.5 Å². The zero-order valence-electron chi connectivity index (χ0n) is 15.5. The maximum absolute atomic E-state index is 14.1. The second-order valence-electron chi connectivity index (χ2n) is 7.38. The first-order valence-corrected chi connectivity index (χ1v) is 8.39. The van der Waals surface area contributed by atoms with E-state index in [-0.39, 0.29) is 22.3 Å². The molecule has 28 heavy (non-hydrogen) atoms. The molecule has 0 radical (unpaired) electrons. The molecule has 1 aliphatic carbocycles. The molecule has 2 nitrogen and oxygen atoms in total. The Morgan fingerprint density at radius 1 is 0.536 bits per heavy atom. The molecule has 2 aromatic rings. The van der Waals surface area contributed by atoms with Crippen LogP contribution in [-0.4, -0.2) is 22.6 Å². The van der Waals surface area contributed by atoms with Gasteiger partial charge >= 0.3 is 12.4 Å². The van der Waals surface area contributed by atoms with Crippen LogP contribution in [0.15, 0.2) is 24.3 Å².